The second-order valence-corrected chi connectivity index (χ2v) is 8.50. The van der Waals surface area contributed by atoms with Crippen LogP contribution in [-0.2, 0) is 21.4 Å². The molecule has 0 atom stereocenters. The first-order chi connectivity index (χ1) is 13.5. The maximum atomic E-state index is 13.0. The number of rotatable bonds is 6. The molecular weight excluding hydrogens is 376 g/mol. The van der Waals surface area contributed by atoms with E-state index in [1.165, 1.54) is 9.21 Å². The molecule has 6 nitrogen and oxygen atoms in total. The van der Waals surface area contributed by atoms with Crippen molar-refractivity contribution in [1.29, 1.82) is 0 Å². The van der Waals surface area contributed by atoms with Crippen molar-refractivity contribution < 1.29 is 18.3 Å². The maximum absolute atomic E-state index is 13.0. The monoisotopic (exact) mass is 396 g/mol. The number of benzene rings is 3. The topological polar surface area (TPSA) is 77.9 Å². The Labute approximate surface area is 163 Å². The van der Waals surface area contributed by atoms with Crippen LogP contribution in [0.2, 0.25) is 0 Å². The molecule has 0 fully saturated rings. The first kappa shape index (κ1) is 18.5. The van der Waals surface area contributed by atoms with Gasteiger partial charge in [-0.2, -0.15) is 0 Å². The molecule has 0 unspecified atom stereocenters. The number of amides is 1. The summed E-state index contributed by atoms with van der Waals surface area (Å²) in [5, 5.41) is 10.8. The van der Waals surface area contributed by atoms with Crippen LogP contribution in [0.4, 0.5) is 5.69 Å². The summed E-state index contributed by atoms with van der Waals surface area (Å²) in [6.45, 7) is -0.0475. The second-order valence-electron chi connectivity index (χ2n) is 6.67. The average Bonchev–Trinajstić information content (AvgIpc) is 2.92. The minimum absolute atomic E-state index is 0.138. The Morgan fingerprint density at radius 1 is 0.964 bits per heavy atom. The van der Waals surface area contributed by atoms with Crippen LogP contribution in [0.5, 0.6) is 0 Å². The van der Waals surface area contributed by atoms with E-state index in [4.69, 9.17) is 0 Å². The van der Waals surface area contributed by atoms with Crippen molar-refractivity contribution in [2.24, 2.45) is 0 Å². The Kier molecular flexibility index (Phi) is 4.78. The van der Waals surface area contributed by atoms with E-state index in [1.807, 2.05) is 42.5 Å². The summed E-state index contributed by atoms with van der Waals surface area (Å²) < 4.78 is 27.3. The van der Waals surface area contributed by atoms with Gasteiger partial charge in [0.25, 0.3) is 10.0 Å². The number of aliphatic hydroxyl groups excluding tert-OH is 1. The molecule has 3 aromatic rings. The van der Waals surface area contributed by atoms with Gasteiger partial charge in [-0.25, -0.2) is 8.42 Å². The smallest absolute Gasteiger partial charge is 0.265 e. The van der Waals surface area contributed by atoms with E-state index in [0.717, 1.165) is 10.9 Å². The molecule has 1 aliphatic rings. The Balaban J connectivity index is 1.64. The van der Waals surface area contributed by atoms with Gasteiger partial charge in [-0.3, -0.25) is 9.10 Å². The summed E-state index contributed by atoms with van der Waals surface area (Å²) >= 11 is 0. The Morgan fingerprint density at radius 2 is 1.68 bits per heavy atom. The molecule has 1 aliphatic heterocycles. The summed E-state index contributed by atoms with van der Waals surface area (Å²) in [5.74, 6) is -0.355. The summed E-state index contributed by atoms with van der Waals surface area (Å²) in [6, 6.07) is 19.9. The minimum Gasteiger partial charge on any atom is -0.395 e. The van der Waals surface area contributed by atoms with E-state index in [0.29, 0.717) is 17.6 Å². The highest BCUT2D eigenvalue weighted by Crippen LogP contribution is 2.41. The molecule has 3 aromatic carbocycles. The number of sulfonamides is 1. The van der Waals surface area contributed by atoms with Crippen molar-refractivity contribution in [3.05, 3.63) is 72.3 Å². The largest absolute Gasteiger partial charge is 0.395 e. The average molecular weight is 396 g/mol. The first-order valence-electron chi connectivity index (χ1n) is 8.99. The molecule has 1 N–H and O–H groups in total. The lowest BCUT2D eigenvalue weighted by atomic mass is 10.1. The molecule has 4 rings (SSSR count). The number of carbonyl (C=O) groups excluding carboxylic acids is 1. The predicted octanol–water partition coefficient (Wildman–Crippen LogP) is 2.37. The normalized spacial score (nSPS) is 14.4. The third kappa shape index (κ3) is 3.12. The maximum Gasteiger partial charge on any atom is 0.265 e. The quantitative estimate of drug-likeness (QED) is 0.694. The summed E-state index contributed by atoms with van der Waals surface area (Å²) in [5.41, 5.74) is 1.43. The van der Waals surface area contributed by atoms with Gasteiger partial charge >= 0.3 is 0 Å². The molecule has 1 heterocycles. The van der Waals surface area contributed by atoms with Gasteiger partial charge in [-0.1, -0.05) is 54.6 Å². The Bertz CT molecular complexity index is 1120. The molecule has 7 heteroatoms. The lowest BCUT2D eigenvalue weighted by Gasteiger charge is -2.25. The van der Waals surface area contributed by atoms with Gasteiger partial charge in [-0.15, -0.1) is 0 Å². The number of carbonyl (C=O) groups is 1. The van der Waals surface area contributed by atoms with Crippen molar-refractivity contribution >= 4 is 32.4 Å². The van der Waals surface area contributed by atoms with E-state index in [1.54, 1.807) is 24.3 Å². The van der Waals surface area contributed by atoms with Gasteiger partial charge in [-0.05, 0) is 23.1 Å². The van der Waals surface area contributed by atoms with E-state index in [9.17, 15) is 18.3 Å². The summed E-state index contributed by atoms with van der Waals surface area (Å²) in [7, 11) is -3.79. The molecule has 0 aromatic heterocycles. The van der Waals surface area contributed by atoms with Gasteiger partial charge < -0.3 is 10.0 Å². The molecule has 0 saturated carbocycles. The molecule has 0 saturated heterocycles. The van der Waals surface area contributed by atoms with Crippen LogP contribution in [0, 0.1) is 0 Å². The molecule has 0 spiro atoms. The molecule has 0 aliphatic carbocycles. The molecular formula is C21H20N2O4S. The molecule has 1 amide bonds. The third-order valence-electron chi connectivity index (χ3n) is 4.90. The molecule has 144 valence electrons. The lowest BCUT2D eigenvalue weighted by Crippen LogP contribution is -2.42. The van der Waals surface area contributed by atoms with E-state index in [2.05, 4.69) is 0 Å². The Morgan fingerprint density at radius 3 is 2.39 bits per heavy atom. The highest BCUT2D eigenvalue weighted by atomic mass is 32.2. The predicted molar refractivity (Wildman–Crippen MR) is 107 cm³/mol. The van der Waals surface area contributed by atoms with Crippen LogP contribution < -0.4 is 4.31 Å². The molecule has 0 bridgehead atoms. The number of anilines is 1. The van der Waals surface area contributed by atoms with Gasteiger partial charge in [0.15, 0.2) is 0 Å². The number of hydrogen-bond acceptors (Lipinski definition) is 4. The fraction of sp³-hybridized carbons (Fsp3) is 0.190. The number of aliphatic hydroxyl groups is 1. The fourth-order valence-electron chi connectivity index (χ4n) is 3.57. The zero-order valence-corrected chi connectivity index (χ0v) is 16.0. The van der Waals surface area contributed by atoms with E-state index in [-0.39, 0.29) is 30.5 Å². The molecule has 28 heavy (non-hydrogen) atoms. The zero-order valence-electron chi connectivity index (χ0n) is 15.2. The minimum atomic E-state index is -3.79. The highest BCUT2D eigenvalue weighted by Gasteiger charge is 2.37. The van der Waals surface area contributed by atoms with Crippen LogP contribution in [-0.4, -0.2) is 44.0 Å². The van der Waals surface area contributed by atoms with Crippen LogP contribution in [0.15, 0.2) is 71.6 Å². The van der Waals surface area contributed by atoms with Gasteiger partial charge in [0.1, 0.15) is 6.54 Å². The fourth-order valence-corrected chi connectivity index (χ4v) is 5.23. The Hall–Kier alpha value is -2.90. The lowest BCUT2D eigenvalue weighted by molar-refractivity contribution is -0.130. The van der Waals surface area contributed by atoms with E-state index >= 15 is 0 Å². The van der Waals surface area contributed by atoms with Crippen LogP contribution in [0.3, 0.4) is 0 Å². The van der Waals surface area contributed by atoms with Crippen molar-refractivity contribution in [2.75, 3.05) is 24.0 Å². The van der Waals surface area contributed by atoms with Crippen molar-refractivity contribution in [2.45, 2.75) is 11.4 Å². The second kappa shape index (κ2) is 7.26. The van der Waals surface area contributed by atoms with Crippen molar-refractivity contribution in [3.8, 4) is 0 Å². The first-order valence-corrected chi connectivity index (χ1v) is 10.4. The van der Waals surface area contributed by atoms with Crippen molar-refractivity contribution in [3.63, 3.8) is 0 Å². The molecule has 0 radical (unpaired) electrons. The summed E-state index contributed by atoms with van der Waals surface area (Å²) in [4.78, 5) is 14.7. The van der Waals surface area contributed by atoms with Crippen LogP contribution >= 0.6 is 0 Å². The standard InChI is InChI=1S/C21H20N2O4S/c24-13-12-22(14-16-6-2-1-3-7-16)20(25)15-23-18-10-4-8-17-9-5-11-19(21(17)18)28(23,26)27/h1-11,24H,12-15H2. The third-order valence-corrected chi connectivity index (χ3v) is 6.70. The number of hydrogen-bond donors (Lipinski definition) is 1. The van der Waals surface area contributed by atoms with Crippen LogP contribution in [0.1, 0.15) is 5.56 Å². The van der Waals surface area contributed by atoms with E-state index < -0.39 is 10.0 Å². The number of nitrogens with zero attached hydrogens (tertiary/aromatic N) is 2. The summed E-state index contributed by atoms with van der Waals surface area (Å²) in [6.07, 6.45) is 0. The van der Waals surface area contributed by atoms with Crippen LogP contribution in [0.25, 0.3) is 10.8 Å². The van der Waals surface area contributed by atoms with Gasteiger partial charge in [0, 0.05) is 18.5 Å². The SMILES string of the molecule is O=C(CN1c2cccc3cccc(c23)S1(=O)=O)N(CCO)Cc1ccccc1. The van der Waals surface area contributed by atoms with Crippen molar-refractivity contribution in [1.82, 2.24) is 4.90 Å². The van der Waals surface area contributed by atoms with Gasteiger partial charge in [0.05, 0.1) is 17.2 Å². The highest BCUT2D eigenvalue weighted by molar-refractivity contribution is 7.93. The van der Waals surface area contributed by atoms with Gasteiger partial charge in [0.2, 0.25) is 5.91 Å². The zero-order chi connectivity index (χ0) is 19.7.